The van der Waals surface area contributed by atoms with Gasteiger partial charge in [0.25, 0.3) is 0 Å². The van der Waals surface area contributed by atoms with E-state index in [0.29, 0.717) is 5.75 Å². The Morgan fingerprint density at radius 3 is 2.29 bits per heavy atom. The molecule has 28 heavy (non-hydrogen) atoms. The zero-order valence-corrected chi connectivity index (χ0v) is 15.3. The van der Waals surface area contributed by atoms with E-state index in [0.717, 1.165) is 16.7 Å². The van der Waals surface area contributed by atoms with E-state index < -0.39 is 37.3 Å². The lowest BCUT2D eigenvalue weighted by Gasteiger charge is -2.39. The predicted octanol–water partition coefficient (Wildman–Crippen LogP) is 1.05. The van der Waals surface area contributed by atoms with Gasteiger partial charge in [-0.2, -0.15) is 0 Å². The number of phenols is 1. The maximum absolute atomic E-state index is 10.1. The molecule has 1 saturated heterocycles. The normalized spacial score (nSPS) is 27.8. The number of ether oxygens (including phenoxy) is 2. The fourth-order valence-electron chi connectivity index (χ4n) is 3.02. The van der Waals surface area contributed by atoms with Crippen molar-refractivity contribution >= 4 is 12.2 Å². The number of benzene rings is 2. The van der Waals surface area contributed by atoms with Gasteiger partial charge in [-0.25, -0.2) is 0 Å². The molecule has 0 unspecified atom stereocenters. The highest BCUT2D eigenvalue weighted by Gasteiger charge is 2.44. The third kappa shape index (κ3) is 4.70. The Morgan fingerprint density at radius 2 is 1.61 bits per heavy atom. The molecule has 1 fully saturated rings. The lowest BCUT2D eigenvalue weighted by molar-refractivity contribution is -0.277. The Labute approximate surface area is 162 Å². The highest BCUT2D eigenvalue weighted by Crippen LogP contribution is 2.26. The molecule has 5 N–H and O–H groups in total. The van der Waals surface area contributed by atoms with Crippen molar-refractivity contribution in [1.82, 2.24) is 0 Å². The number of phenolic OH excluding ortho intramolecular Hbond substituents is 1. The molecule has 1 aliphatic rings. The first-order valence-electron chi connectivity index (χ1n) is 8.93. The van der Waals surface area contributed by atoms with E-state index in [1.54, 1.807) is 36.4 Å². The number of aryl methyl sites for hydroxylation is 1. The Bertz CT molecular complexity index is 816. The molecule has 150 valence electrons. The fraction of sp³-hybridized carbons (Fsp3) is 0.333. The smallest absolute Gasteiger partial charge is 0.229 e. The summed E-state index contributed by atoms with van der Waals surface area (Å²) >= 11 is 0. The number of aliphatic hydroxyl groups excluding tert-OH is 4. The Hall–Kier alpha value is -2.42. The molecule has 2 aromatic rings. The number of aromatic hydroxyl groups is 1. The molecule has 0 aliphatic carbocycles. The summed E-state index contributed by atoms with van der Waals surface area (Å²) < 4.78 is 11.1. The topological polar surface area (TPSA) is 120 Å². The SMILES string of the molecule is Cc1cc(/C=C/c2ccc(O)cc2)cc(O[C@@H]2O[C@H](CO)[C@@H](O)[C@H](O)[C@H]2O)c1. The Balaban J connectivity index is 1.76. The zero-order chi connectivity index (χ0) is 20.3. The average Bonchev–Trinajstić information content (AvgIpc) is 2.67. The van der Waals surface area contributed by atoms with Gasteiger partial charge in [0, 0.05) is 0 Å². The van der Waals surface area contributed by atoms with Crippen LogP contribution in [0.3, 0.4) is 0 Å². The van der Waals surface area contributed by atoms with Gasteiger partial charge in [-0.15, -0.1) is 0 Å². The maximum Gasteiger partial charge on any atom is 0.229 e. The Morgan fingerprint density at radius 1 is 0.929 bits per heavy atom. The van der Waals surface area contributed by atoms with Gasteiger partial charge in [0.2, 0.25) is 6.29 Å². The summed E-state index contributed by atoms with van der Waals surface area (Å²) in [6.45, 7) is 1.37. The molecule has 0 amide bonds. The van der Waals surface area contributed by atoms with Crippen molar-refractivity contribution in [2.24, 2.45) is 0 Å². The summed E-state index contributed by atoms with van der Waals surface area (Å²) in [5.74, 6) is 0.609. The molecule has 7 nitrogen and oxygen atoms in total. The Kier molecular flexibility index (Phi) is 6.33. The number of aliphatic hydroxyl groups is 4. The van der Waals surface area contributed by atoms with E-state index in [9.17, 15) is 25.5 Å². The molecule has 0 saturated carbocycles. The molecule has 5 atom stereocenters. The van der Waals surface area contributed by atoms with E-state index >= 15 is 0 Å². The monoisotopic (exact) mass is 388 g/mol. The summed E-state index contributed by atoms with van der Waals surface area (Å²) in [6.07, 6.45) is -2.89. The quantitative estimate of drug-likeness (QED) is 0.486. The van der Waals surface area contributed by atoms with Crippen LogP contribution in [0, 0.1) is 6.92 Å². The van der Waals surface area contributed by atoms with Crippen molar-refractivity contribution in [3.63, 3.8) is 0 Å². The molecule has 0 spiro atoms. The lowest BCUT2D eigenvalue weighted by atomic mass is 9.99. The van der Waals surface area contributed by atoms with Crippen LogP contribution in [-0.4, -0.2) is 62.8 Å². The fourth-order valence-corrected chi connectivity index (χ4v) is 3.02. The minimum Gasteiger partial charge on any atom is -0.508 e. The second-order valence-corrected chi connectivity index (χ2v) is 6.82. The molecule has 0 aromatic heterocycles. The van der Waals surface area contributed by atoms with Gasteiger partial charge in [0.05, 0.1) is 6.61 Å². The summed E-state index contributed by atoms with van der Waals surface area (Å²) in [7, 11) is 0. The van der Waals surface area contributed by atoms with Crippen molar-refractivity contribution in [3.8, 4) is 11.5 Å². The third-order valence-corrected chi connectivity index (χ3v) is 4.54. The van der Waals surface area contributed by atoms with Crippen LogP contribution >= 0.6 is 0 Å². The van der Waals surface area contributed by atoms with Crippen LogP contribution in [0.2, 0.25) is 0 Å². The van der Waals surface area contributed by atoms with Gasteiger partial charge in [-0.1, -0.05) is 30.4 Å². The second kappa shape index (κ2) is 8.72. The summed E-state index contributed by atoms with van der Waals surface area (Å²) in [6, 6.07) is 12.2. The molecule has 0 bridgehead atoms. The molecule has 0 radical (unpaired) electrons. The van der Waals surface area contributed by atoms with Gasteiger partial charge in [0.15, 0.2) is 0 Å². The van der Waals surface area contributed by atoms with E-state index in [4.69, 9.17) is 9.47 Å². The van der Waals surface area contributed by atoms with Crippen molar-refractivity contribution in [2.75, 3.05) is 6.61 Å². The van der Waals surface area contributed by atoms with Gasteiger partial charge >= 0.3 is 0 Å². The first-order valence-corrected chi connectivity index (χ1v) is 8.93. The molecular formula is C21H24O7. The van der Waals surface area contributed by atoms with Gasteiger partial charge in [-0.3, -0.25) is 0 Å². The zero-order valence-electron chi connectivity index (χ0n) is 15.3. The minimum atomic E-state index is -1.49. The lowest BCUT2D eigenvalue weighted by Crippen LogP contribution is -2.60. The van der Waals surface area contributed by atoms with Crippen LogP contribution in [0.5, 0.6) is 11.5 Å². The van der Waals surface area contributed by atoms with Gasteiger partial charge in [0.1, 0.15) is 35.9 Å². The summed E-state index contributed by atoms with van der Waals surface area (Å²) in [4.78, 5) is 0. The van der Waals surface area contributed by atoms with Crippen molar-refractivity contribution < 1.29 is 35.0 Å². The van der Waals surface area contributed by atoms with Crippen LogP contribution in [-0.2, 0) is 4.74 Å². The second-order valence-electron chi connectivity index (χ2n) is 6.82. The first kappa shape index (κ1) is 20.3. The first-order chi connectivity index (χ1) is 13.4. The number of hydrogen-bond acceptors (Lipinski definition) is 7. The number of hydrogen-bond donors (Lipinski definition) is 5. The van der Waals surface area contributed by atoms with E-state index in [-0.39, 0.29) is 5.75 Å². The largest absolute Gasteiger partial charge is 0.508 e. The maximum atomic E-state index is 10.1. The van der Waals surface area contributed by atoms with Crippen LogP contribution in [0.25, 0.3) is 12.2 Å². The molecule has 2 aromatic carbocycles. The molecule has 3 rings (SSSR count). The van der Waals surface area contributed by atoms with Crippen LogP contribution in [0.4, 0.5) is 0 Å². The molecule has 1 heterocycles. The molecule has 7 heteroatoms. The van der Waals surface area contributed by atoms with Crippen LogP contribution in [0.1, 0.15) is 16.7 Å². The minimum absolute atomic E-state index is 0.197. The highest BCUT2D eigenvalue weighted by molar-refractivity contribution is 5.70. The predicted molar refractivity (Wildman–Crippen MR) is 103 cm³/mol. The van der Waals surface area contributed by atoms with Crippen LogP contribution in [0.15, 0.2) is 42.5 Å². The van der Waals surface area contributed by atoms with Gasteiger partial charge < -0.3 is 35.0 Å². The van der Waals surface area contributed by atoms with Crippen molar-refractivity contribution in [2.45, 2.75) is 37.6 Å². The molecule has 1 aliphatic heterocycles. The average molecular weight is 388 g/mol. The van der Waals surface area contributed by atoms with Crippen molar-refractivity contribution in [1.29, 1.82) is 0 Å². The summed E-state index contributed by atoms with van der Waals surface area (Å²) in [5, 5.41) is 48.5. The van der Waals surface area contributed by atoms with E-state index in [1.165, 1.54) is 0 Å². The number of rotatable bonds is 5. The third-order valence-electron chi connectivity index (χ3n) is 4.54. The standard InChI is InChI=1S/C21H24O7/c1-12-8-14(3-2-13-4-6-15(23)7-5-13)10-16(9-12)27-21-20(26)19(25)18(24)17(11-22)28-21/h2-10,17-26H,11H2,1H3/b3-2+/t17-,18-,19+,20-,21-/m1/s1. The van der Waals surface area contributed by atoms with E-state index in [2.05, 4.69) is 0 Å². The molecular weight excluding hydrogens is 364 g/mol. The van der Waals surface area contributed by atoms with Crippen LogP contribution < -0.4 is 4.74 Å². The van der Waals surface area contributed by atoms with Crippen molar-refractivity contribution in [3.05, 3.63) is 59.2 Å². The summed E-state index contributed by atoms with van der Waals surface area (Å²) in [5.41, 5.74) is 2.66. The highest BCUT2D eigenvalue weighted by atomic mass is 16.7. The van der Waals surface area contributed by atoms with Gasteiger partial charge in [-0.05, 0) is 47.9 Å². The van der Waals surface area contributed by atoms with E-state index in [1.807, 2.05) is 25.1 Å².